The van der Waals surface area contributed by atoms with Gasteiger partial charge in [-0.1, -0.05) is 48.5 Å². The molecule has 2 heteroatoms. The Balaban J connectivity index is 2.09. The molecule has 0 aromatic heterocycles. The van der Waals surface area contributed by atoms with Crippen molar-refractivity contribution < 1.29 is 0 Å². The fourth-order valence-corrected chi connectivity index (χ4v) is 2.64. The first-order chi connectivity index (χ1) is 9.75. The summed E-state index contributed by atoms with van der Waals surface area (Å²) in [6, 6.07) is 18.3. The van der Waals surface area contributed by atoms with Crippen LogP contribution in [0.3, 0.4) is 0 Å². The van der Waals surface area contributed by atoms with Crippen molar-refractivity contribution in [2.24, 2.45) is 5.73 Å². The minimum Gasteiger partial charge on any atom is -0.402 e. The van der Waals surface area contributed by atoms with E-state index in [1.54, 1.807) is 0 Å². The number of hydrogen-bond donors (Lipinski definition) is 2. The minimum absolute atomic E-state index is 0.781. The zero-order chi connectivity index (χ0) is 13.9. The molecule has 3 rings (SSSR count). The van der Waals surface area contributed by atoms with Crippen molar-refractivity contribution in [1.82, 2.24) is 0 Å². The van der Waals surface area contributed by atoms with Crippen LogP contribution in [0.2, 0.25) is 0 Å². The number of hydrogen-bond acceptors (Lipinski definition) is 2. The molecule has 4 N–H and O–H groups in total. The first-order valence-corrected chi connectivity index (χ1v) is 6.86. The van der Waals surface area contributed by atoms with Crippen LogP contribution in [0.4, 0.5) is 5.69 Å². The zero-order valence-corrected chi connectivity index (χ0v) is 11.3. The second kappa shape index (κ2) is 5.25. The van der Waals surface area contributed by atoms with E-state index in [9.17, 15) is 0 Å². The minimum atomic E-state index is 0.781. The highest BCUT2D eigenvalue weighted by Gasteiger charge is 2.17. The van der Waals surface area contributed by atoms with E-state index in [0.29, 0.717) is 0 Å². The smallest absolute Gasteiger partial charge is 0.0314 e. The molecule has 0 bridgehead atoms. The lowest BCUT2D eigenvalue weighted by Gasteiger charge is -2.20. The molecule has 1 aliphatic rings. The summed E-state index contributed by atoms with van der Waals surface area (Å²) >= 11 is 0. The van der Waals surface area contributed by atoms with Gasteiger partial charge in [0.1, 0.15) is 0 Å². The van der Waals surface area contributed by atoms with Crippen molar-refractivity contribution >= 4 is 16.8 Å². The van der Waals surface area contributed by atoms with E-state index in [1.807, 2.05) is 30.3 Å². The maximum Gasteiger partial charge on any atom is 0.0314 e. The van der Waals surface area contributed by atoms with Gasteiger partial charge in [-0.2, -0.15) is 0 Å². The molecule has 0 amide bonds. The zero-order valence-electron chi connectivity index (χ0n) is 11.3. The standard InChI is InChI=1S/C18H18N2/c19-15-11-9-13(10-12-15)16-7-4-8-17(20)18(16)14-5-2-1-3-6-14/h1-3,5-7,9-12H,4,8,19-20H2. The molecule has 0 saturated carbocycles. The second-order valence-electron chi connectivity index (χ2n) is 5.04. The molecule has 20 heavy (non-hydrogen) atoms. The average Bonchev–Trinajstić information content (AvgIpc) is 2.49. The van der Waals surface area contributed by atoms with Crippen LogP contribution < -0.4 is 11.5 Å². The van der Waals surface area contributed by atoms with Crippen LogP contribution >= 0.6 is 0 Å². The molecule has 0 radical (unpaired) electrons. The van der Waals surface area contributed by atoms with Crippen LogP contribution in [0, 0.1) is 0 Å². The Morgan fingerprint density at radius 3 is 2.15 bits per heavy atom. The van der Waals surface area contributed by atoms with Crippen LogP contribution in [-0.4, -0.2) is 0 Å². The van der Waals surface area contributed by atoms with Gasteiger partial charge in [0, 0.05) is 17.0 Å². The topological polar surface area (TPSA) is 52.0 Å². The lowest BCUT2D eigenvalue weighted by molar-refractivity contribution is 0.953. The second-order valence-corrected chi connectivity index (χ2v) is 5.04. The maximum absolute atomic E-state index is 6.28. The SMILES string of the molecule is NC1=C(c2ccccc2)C(c2ccc(N)cc2)=CCC1. The number of nitrogen functional groups attached to an aromatic ring is 1. The number of allylic oxidation sites excluding steroid dienone is 4. The van der Waals surface area contributed by atoms with Crippen molar-refractivity contribution in [1.29, 1.82) is 0 Å². The predicted octanol–water partition coefficient (Wildman–Crippen LogP) is 3.82. The van der Waals surface area contributed by atoms with E-state index < -0.39 is 0 Å². The number of rotatable bonds is 2. The van der Waals surface area contributed by atoms with Crippen molar-refractivity contribution in [2.75, 3.05) is 5.73 Å². The largest absolute Gasteiger partial charge is 0.402 e. The molecule has 0 heterocycles. The summed E-state index contributed by atoms with van der Waals surface area (Å²) in [4.78, 5) is 0. The van der Waals surface area contributed by atoms with Gasteiger partial charge < -0.3 is 11.5 Å². The molecule has 100 valence electrons. The molecule has 0 unspecified atom stereocenters. The first-order valence-electron chi connectivity index (χ1n) is 6.86. The highest BCUT2D eigenvalue weighted by molar-refractivity contribution is 6.06. The Hall–Kier alpha value is -2.48. The lowest BCUT2D eigenvalue weighted by Crippen LogP contribution is -2.07. The number of anilines is 1. The van der Waals surface area contributed by atoms with Crippen molar-refractivity contribution in [2.45, 2.75) is 12.8 Å². The molecule has 2 aromatic rings. The molecule has 2 nitrogen and oxygen atoms in total. The summed E-state index contributed by atoms with van der Waals surface area (Å²) in [6.45, 7) is 0. The third-order valence-electron chi connectivity index (χ3n) is 3.64. The summed E-state index contributed by atoms with van der Waals surface area (Å²) in [5.41, 5.74) is 18.5. The fraction of sp³-hybridized carbons (Fsp3) is 0.111. The van der Waals surface area contributed by atoms with Crippen molar-refractivity contribution in [3.8, 4) is 0 Å². The summed E-state index contributed by atoms with van der Waals surface area (Å²) in [7, 11) is 0. The van der Waals surface area contributed by atoms with E-state index in [4.69, 9.17) is 11.5 Å². The van der Waals surface area contributed by atoms with E-state index in [2.05, 4.69) is 30.3 Å². The molecule has 0 saturated heterocycles. The van der Waals surface area contributed by atoms with Crippen LogP contribution in [0.25, 0.3) is 11.1 Å². The fourth-order valence-electron chi connectivity index (χ4n) is 2.64. The van der Waals surface area contributed by atoms with Gasteiger partial charge in [0.2, 0.25) is 0 Å². The maximum atomic E-state index is 6.28. The van der Waals surface area contributed by atoms with Gasteiger partial charge in [-0.05, 0) is 41.7 Å². The average molecular weight is 262 g/mol. The lowest BCUT2D eigenvalue weighted by atomic mass is 9.86. The third kappa shape index (κ3) is 2.32. The number of benzene rings is 2. The summed E-state index contributed by atoms with van der Waals surface area (Å²) < 4.78 is 0. The summed E-state index contributed by atoms with van der Waals surface area (Å²) in [5, 5.41) is 0. The van der Waals surface area contributed by atoms with Gasteiger partial charge in [-0.3, -0.25) is 0 Å². The van der Waals surface area contributed by atoms with Crippen molar-refractivity contribution in [3.05, 3.63) is 77.5 Å². The molecule has 2 aromatic carbocycles. The van der Waals surface area contributed by atoms with E-state index in [1.165, 1.54) is 16.7 Å². The monoisotopic (exact) mass is 262 g/mol. The van der Waals surface area contributed by atoms with Gasteiger partial charge >= 0.3 is 0 Å². The normalized spacial score (nSPS) is 15.1. The molecule has 0 atom stereocenters. The quantitative estimate of drug-likeness (QED) is 0.808. The molecular weight excluding hydrogens is 244 g/mol. The van der Waals surface area contributed by atoms with E-state index in [-0.39, 0.29) is 0 Å². The van der Waals surface area contributed by atoms with E-state index >= 15 is 0 Å². The van der Waals surface area contributed by atoms with Crippen LogP contribution in [0.1, 0.15) is 24.0 Å². The molecular formula is C18H18N2. The summed E-state index contributed by atoms with van der Waals surface area (Å²) in [6.07, 6.45) is 4.18. The first kappa shape index (κ1) is 12.5. The van der Waals surface area contributed by atoms with Gasteiger partial charge in [-0.25, -0.2) is 0 Å². The molecule has 0 fully saturated rings. The Kier molecular flexibility index (Phi) is 3.30. The molecule has 0 spiro atoms. The van der Waals surface area contributed by atoms with Gasteiger partial charge in [0.25, 0.3) is 0 Å². The Bertz CT molecular complexity index is 664. The Morgan fingerprint density at radius 2 is 1.45 bits per heavy atom. The molecule has 1 aliphatic carbocycles. The Morgan fingerprint density at radius 1 is 0.750 bits per heavy atom. The van der Waals surface area contributed by atoms with E-state index in [0.717, 1.165) is 29.8 Å². The van der Waals surface area contributed by atoms with Gasteiger partial charge in [0.15, 0.2) is 0 Å². The molecule has 0 aliphatic heterocycles. The van der Waals surface area contributed by atoms with Crippen molar-refractivity contribution in [3.63, 3.8) is 0 Å². The highest BCUT2D eigenvalue weighted by atomic mass is 14.6. The van der Waals surface area contributed by atoms with Crippen LogP contribution in [0.15, 0.2) is 66.4 Å². The van der Waals surface area contributed by atoms with Gasteiger partial charge in [-0.15, -0.1) is 0 Å². The Labute approximate surface area is 119 Å². The highest BCUT2D eigenvalue weighted by Crippen LogP contribution is 2.37. The predicted molar refractivity (Wildman–Crippen MR) is 85.6 cm³/mol. The van der Waals surface area contributed by atoms with Gasteiger partial charge in [0.05, 0.1) is 0 Å². The number of nitrogens with two attached hydrogens (primary N) is 2. The van der Waals surface area contributed by atoms with Crippen LogP contribution in [0.5, 0.6) is 0 Å². The third-order valence-corrected chi connectivity index (χ3v) is 3.64. The van der Waals surface area contributed by atoms with Crippen LogP contribution in [-0.2, 0) is 0 Å². The summed E-state index contributed by atoms with van der Waals surface area (Å²) in [5.74, 6) is 0.